The molecule has 2 rings (SSSR count). The molecule has 0 radical (unpaired) electrons. The highest BCUT2D eigenvalue weighted by molar-refractivity contribution is 6.33. The molecule has 4 amide bonds. The van der Waals surface area contributed by atoms with Crippen molar-refractivity contribution >= 4 is 35.1 Å². The van der Waals surface area contributed by atoms with Crippen molar-refractivity contribution in [2.45, 2.75) is 39.4 Å². The van der Waals surface area contributed by atoms with E-state index in [0.717, 1.165) is 5.56 Å². The second kappa shape index (κ2) is 10.5. The van der Waals surface area contributed by atoms with Gasteiger partial charge in [-0.1, -0.05) is 35.9 Å². The van der Waals surface area contributed by atoms with Crippen LogP contribution in [0.25, 0.3) is 0 Å². The zero-order valence-corrected chi connectivity index (χ0v) is 17.3. The molecule has 0 heterocycles. The second-order valence-corrected chi connectivity index (χ2v) is 7.25. The maximum atomic E-state index is 12.3. The smallest absolute Gasteiger partial charge is 0.319 e. The van der Waals surface area contributed by atoms with Crippen LogP contribution in [-0.2, 0) is 11.3 Å². The van der Waals surface area contributed by atoms with Crippen molar-refractivity contribution in [3.8, 4) is 0 Å². The summed E-state index contributed by atoms with van der Waals surface area (Å²) in [6.45, 7) is 5.65. The summed E-state index contributed by atoms with van der Waals surface area (Å²) < 4.78 is 0. The first-order valence-corrected chi connectivity index (χ1v) is 9.63. The normalized spacial score (nSPS) is 11.5. The van der Waals surface area contributed by atoms with Gasteiger partial charge in [0.05, 0.1) is 10.6 Å². The molecule has 29 heavy (non-hydrogen) atoms. The lowest BCUT2D eigenvalue weighted by molar-refractivity contribution is -0.122. The van der Waals surface area contributed by atoms with Gasteiger partial charge in [-0.05, 0) is 50.6 Å². The van der Waals surface area contributed by atoms with E-state index in [2.05, 4.69) is 21.3 Å². The molecule has 1 atom stereocenters. The van der Waals surface area contributed by atoms with Gasteiger partial charge in [0.2, 0.25) is 5.91 Å². The number of benzene rings is 2. The average molecular weight is 417 g/mol. The highest BCUT2D eigenvalue weighted by Crippen LogP contribution is 2.14. The highest BCUT2D eigenvalue weighted by Gasteiger charge is 2.17. The van der Waals surface area contributed by atoms with Crippen molar-refractivity contribution in [3.63, 3.8) is 0 Å². The summed E-state index contributed by atoms with van der Waals surface area (Å²) in [5.74, 6) is -0.725. The molecular weight excluding hydrogens is 392 g/mol. The average Bonchev–Trinajstić information content (AvgIpc) is 2.66. The van der Waals surface area contributed by atoms with E-state index < -0.39 is 11.9 Å². The Bertz CT molecular complexity index is 868. The minimum Gasteiger partial charge on any atom is -0.350 e. The molecule has 0 bridgehead atoms. The van der Waals surface area contributed by atoms with Crippen LogP contribution in [-0.4, -0.2) is 29.9 Å². The fourth-order valence-electron chi connectivity index (χ4n) is 2.46. The van der Waals surface area contributed by atoms with Crippen LogP contribution in [0.2, 0.25) is 5.02 Å². The van der Waals surface area contributed by atoms with Gasteiger partial charge in [0, 0.05) is 18.3 Å². The Balaban J connectivity index is 1.83. The minimum absolute atomic E-state index is 0.0462. The Kier molecular flexibility index (Phi) is 8.03. The van der Waals surface area contributed by atoms with E-state index in [9.17, 15) is 14.4 Å². The van der Waals surface area contributed by atoms with Gasteiger partial charge in [-0.2, -0.15) is 0 Å². The number of rotatable bonds is 7. The van der Waals surface area contributed by atoms with Gasteiger partial charge >= 0.3 is 6.03 Å². The summed E-state index contributed by atoms with van der Waals surface area (Å²) in [7, 11) is 0. The number of carbonyl (C=O) groups is 3. The molecule has 0 fully saturated rings. The van der Waals surface area contributed by atoms with Crippen molar-refractivity contribution in [1.82, 2.24) is 16.0 Å². The van der Waals surface area contributed by atoms with Gasteiger partial charge in [0.15, 0.2) is 0 Å². The maximum Gasteiger partial charge on any atom is 0.319 e. The van der Waals surface area contributed by atoms with Gasteiger partial charge in [0.25, 0.3) is 5.91 Å². The first-order chi connectivity index (χ1) is 13.8. The van der Waals surface area contributed by atoms with Crippen molar-refractivity contribution in [1.29, 1.82) is 0 Å². The molecule has 154 valence electrons. The third-order valence-electron chi connectivity index (χ3n) is 3.96. The molecule has 1 unspecified atom stereocenters. The molecule has 0 spiro atoms. The van der Waals surface area contributed by atoms with Gasteiger partial charge < -0.3 is 21.3 Å². The minimum atomic E-state index is -0.723. The Labute approximate surface area is 175 Å². The predicted molar refractivity (Wildman–Crippen MR) is 114 cm³/mol. The Morgan fingerprint density at radius 1 is 0.931 bits per heavy atom. The van der Waals surface area contributed by atoms with Crippen LogP contribution in [0.15, 0.2) is 48.5 Å². The third-order valence-corrected chi connectivity index (χ3v) is 4.29. The lowest BCUT2D eigenvalue weighted by Gasteiger charge is -2.15. The number of hydrogen-bond donors (Lipinski definition) is 4. The van der Waals surface area contributed by atoms with Crippen molar-refractivity contribution in [2.24, 2.45) is 0 Å². The van der Waals surface area contributed by atoms with Crippen LogP contribution in [0.3, 0.4) is 0 Å². The molecule has 2 aromatic carbocycles. The van der Waals surface area contributed by atoms with Crippen molar-refractivity contribution in [3.05, 3.63) is 64.7 Å². The standard InChI is InChI=1S/C21H25ClN4O3/c1-13(2)24-21(29)26-16-10-8-15(9-11-16)12-23-19(27)14(3)25-20(28)17-6-4-5-7-18(17)22/h4-11,13-14H,12H2,1-3H3,(H,23,27)(H,25,28)(H2,24,26,29). The monoisotopic (exact) mass is 416 g/mol. The predicted octanol–water partition coefficient (Wildman–Crippen LogP) is 3.30. The molecule has 0 saturated heterocycles. The van der Waals surface area contributed by atoms with Crippen LogP contribution >= 0.6 is 11.6 Å². The number of anilines is 1. The molecule has 4 N–H and O–H groups in total. The van der Waals surface area contributed by atoms with E-state index in [1.165, 1.54) is 0 Å². The lowest BCUT2D eigenvalue weighted by atomic mass is 10.2. The van der Waals surface area contributed by atoms with E-state index in [0.29, 0.717) is 22.8 Å². The lowest BCUT2D eigenvalue weighted by Crippen LogP contribution is -2.44. The number of nitrogens with one attached hydrogen (secondary N) is 4. The molecule has 0 aliphatic rings. The second-order valence-electron chi connectivity index (χ2n) is 6.84. The van der Waals surface area contributed by atoms with Crippen molar-refractivity contribution in [2.75, 3.05) is 5.32 Å². The van der Waals surface area contributed by atoms with E-state index in [4.69, 9.17) is 11.6 Å². The van der Waals surface area contributed by atoms with Gasteiger partial charge in [-0.3, -0.25) is 9.59 Å². The SMILES string of the molecule is CC(C)NC(=O)Nc1ccc(CNC(=O)C(C)NC(=O)c2ccccc2Cl)cc1. The summed E-state index contributed by atoms with van der Waals surface area (Å²) in [4.78, 5) is 36.2. The Morgan fingerprint density at radius 2 is 1.59 bits per heavy atom. The number of amides is 4. The molecule has 0 aliphatic carbocycles. The van der Waals surface area contributed by atoms with E-state index in [1.807, 2.05) is 13.8 Å². The molecule has 8 heteroatoms. The fourth-order valence-corrected chi connectivity index (χ4v) is 2.68. The topological polar surface area (TPSA) is 99.3 Å². The van der Waals surface area contributed by atoms with E-state index in [-0.39, 0.29) is 18.0 Å². The third kappa shape index (κ3) is 7.12. The summed E-state index contributed by atoms with van der Waals surface area (Å²) in [5.41, 5.74) is 1.83. The summed E-state index contributed by atoms with van der Waals surface area (Å²) in [6, 6.07) is 12.8. The molecule has 0 saturated carbocycles. The van der Waals surface area contributed by atoms with E-state index >= 15 is 0 Å². The number of hydrogen-bond acceptors (Lipinski definition) is 3. The summed E-state index contributed by atoms with van der Waals surface area (Å²) >= 11 is 6.00. The molecular formula is C21H25ClN4O3. The first kappa shape index (κ1) is 22.2. The largest absolute Gasteiger partial charge is 0.350 e. The number of urea groups is 1. The van der Waals surface area contributed by atoms with Crippen LogP contribution < -0.4 is 21.3 Å². The van der Waals surface area contributed by atoms with Crippen LogP contribution in [0.1, 0.15) is 36.7 Å². The number of halogens is 1. The van der Waals surface area contributed by atoms with Crippen LogP contribution in [0.4, 0.5) is 10.5 Å². The summed E-state index contributed by atoms with van der Waals surface area (Å²) in [6.07, 6.45) is 0. The molecule has 7 nitrogen and oxygen atoms in total. The fraction of sp³-hybridized carbons (Fsp3) is 0.286. The quantitative estimate of drug-likeness (QED) is 0.557. The Morgan fingerprint density at radius 3 is 2.21 bits per heavy atom. The van der Waals surface area contributed by atoms with E-state index in [1.54, 1.807) is 55.5 Å². The summed E-state index contributed by atoms with van der Waals surface area (Å²) in [5, 5.41) is 11.2. The zero-order valence-electron chi connectivity index (χ0n) is 16.6. The first-order valence-electron chi connectivity index (χ1n) is 9.26. The maximum absolute atomic E-state index is 12.3. The zero-order chi connectivity index (χ0) is 21.4. The van der Waals surface area contributed by atoms with Gasteiger partial charge in [-0.25, -0.2) is 4.79 Å². The van der Waals surface area contributed by atoms with Crippen molar-refractivity contribution < 1.29 is 14.4 Å². The van der Waals surface area contributed by atoms with Crippen LogP contribution in [0, 0.1) is 0 Å². The number of carbonyl (C=O) groups excluding carboxylic acids is 3. The molecule has 2 aromatic rings. The van der Waals surface area contributed by atoms with Gasteiger partial charge in [-0.15, -0.1) is 0 Å². The molecule has 0 aromatic heterocycles. The molecule has 0 aliphatic heterocycles. The van der Waals surface area contributed by atoms with Crippen LogP contribution in [0.5, 0.6) is 0 Å². The highest BCUT2D eigenvalue weighted by atomic mass is 35.5. The Hall–Kier alpha value is -3.06. The van der Waals surface area contributed by atoms with Gasteiger partial charge in [0.1, 0.15) is 6.04 Å².